The summed E-state index contributed by atoms with van der Waals surface area (Å²) in [5.74, 6) is 0. The molecule has 2 N–H and O–H groups in total. The van der Waals surface area contributed by atoms with Crippen LogP contribution in [-0.4, -0.2) is 23.3 Å². The Bertz CT molecular complexity index is 347. The number of aliphatic hydroxyl groups is 1. The van der Waals surface area contributed by atoms with Crippen LogP contribution in [0.25, 0.3) is 0 Å². The zero-order chi connectivity index (χ0) is 11.6. The Morgan fingerprint density at radius 3 is 2.75 bits per heavy atom. The van der Waals surface area contributed by atoms with Crippen LogP contribution in [0.1, 0.15) is 25.3 Å². The molecule has 1 aromatic rings. The van der Waals surface area contributed by atoms with Crippen molar-refractivity contribution >= 4 is 11.6 Å². The maximum atomic E-state index is 10.0. The van der Waals surface area contributed by atoms with Crippen molar-refractivity contribution < 1.29 is 5.11 Å². The molecule has 16 heavy (non-hydrogen) atoms. The highest BCUT2D eigenvalue weighted by molar-refractivity contribution is 6.30. The van der Waals surface area contributed by atoms with Crippen molar-refractivity contribution in [1.29, 1.82) is 0 Å². The number of piperidine rings is 1. The van der Waals surface area contributed by atoms with Gasteiger partial charge in [0.25, 0.3) is 0 Å². The van der Waals surface area contributed by atoms with Crippen LogP contribution in [0, 0.1) is 0 Å². The summed E-state index contributed by atoms with van der Waals surface area (Å²) in [7, 11) is 0. The molecule has 2 atom stereocenters. The predicted molar refractivity (Wildman–Crippen MR) is 66.8 cm³/mol. The Kier molecular flexibility index (Phi) is 3.53. The first-order chi connectivity index (χ1) is 7.55. The summed E-state index contributed by atoms with van der Waals surface area (Å²) in [5, 5.41) is 14.2. The summed E-state index contributed by atoms with van der Waals surface area (Å²) in [6.07, 6.45) is 2.60. The molecule has 1 aliphatic rings. The van der Waals surface area contributed by atoms with E-state index >= 15 is 0 Å². The average molecular weight is 240 g/mol. The first-order valence-electron chi connectivity index (χ1n) is 5.75. The van der Waals surface area contributed by atoms with E-state index in [0.29, 0.717) is 6.04 Å². The molecule has 2 unspecified atom stereocenters. The van der Waals surface area contributed by atoms with Crippen molar-refractivity contribution in [2.24, 2.45) is 0 Å². The lowest BCUT2D eigenvalue weighted by atomic mass is 9.87. The summed E-state index contributed by atoms with van der Waals surface area (Å²) in [6.45, 7) is 2.81. The minimum absolute atomic E-state index is 0.366. The zero-order valence-corrected chi connectivity index (χ0v) is 10.3. The SMILES string of the molecule is CC1(O)CCNC(Cc2ccc(Cl)cc2)C1. The van der Waals surface area contributed by atoms with Crippen molar-refractivity contribution in [2.75, 3.05) is 6.54 Å². The van der Waals surface area contributed by atoms with E-state index in [1.807, 2.05) is 31.2 Å². The summed E-state index contributed by atoms with van der Waals surface area (Å²) in [4.78, 5) is 0. The molecule has 88 valence electrons. The fraction of sp³-hybridized carbons (Fsp3) is 0.538. The maximum Gasteiger partial charge on any atom is 0.0646 e. The Balaban J connectivity index is 1.97. The highest BCUT2D eigenvalue weighted by Gasteiger charge is 2.29. The van der Waals surface area contributed by atoms with Gasteiger partial charge in [0.15, 0.2) is 0 Å². The standard InChI is InChI=1S/C13H18ClNO/c1-13(16)6-7-15-12(9-13)8-10-2-4-11(14)5-3-10/h2-5,12,15-16H,6-9H2,1H3. The van der Waals surface area contributed by atoms with Gasteiger partial charge in [-0.2, -0.15) is 0 Å². The first-order valence-corrected chi connectivity index (χ1v) is 6.13. The Morgan fingerprint density at radius 1 is 1.44 bits per heavy atom. The van der Waals surface area contributed by atoms with Crippen molar-refractivity contribution in [3.8, 4) is 0 Å². The monoisotopic (exact) mass is 239 g/mol. The molecule has 1 aromatic carbocycles. The van der Waals surface area contributed by atoms with Crippen molar-refractivity contribution in [1.82, 2.24) is 5.32 Å². The van der Waals surface area contributed by atoms with Gasteiger partial charge in [-0.1, -0.05) is 23.7 Å². The summed E-state index contributed by atoms with van der Waals surface area (Å²) in [5.41, 5.74) is 0.752. The van der Waals surface area contributed by atoms with Crippen LogP contribution in [0.5, 0.6) is 0 Å². The second kappa shape index (κ2) is 4.74. The number of hydrogen-bond donors (Lipinski definition) is 2. The van der Waals surface area contributed by atoms with Gasteiger partial charge in [0, 0.05) is 11.1 Å². The van der Waals surface area contributed by atoms with Gasteiger partial charge in [0.2, 0.25) is 0 Å². The third kappa shape index (κ3) is 3.21. The molecule has 0 saturated carbocycles. The molecule has 0 aliphatic carbocycles. The van der Waals surface area contributed by atoms with Crippen LogP contribution in [0.3, 0.4) is 0 Å². The minimum Gasteiger partial charge on any atom is -0.390 e. The topological polar surface area (TPSA) is 32.3 Å². The van der Waals surface area contributed by atoms with E-state index in [4.69, 9.17) is 11.6 Å². The lowest BCUT2D eigenvalue weighted by Crippen LogP contribution is -2.47. The number of benzene rings is 1. The van der Waals surface area contributed by atoms with Crippen LogP contribution in [0.4, 0.5) is 0 Å². The molecule has 3 heteroatoms. The fourth-order valence-corrected chi connectivity index (χ4v) is 2.43. The van der Waals surface area contributed by atoms with E-state index in [-0.39, 0.29) is 0 Å². The summed E-state index contributed by atoms with van der Waals surface area (Å²) in [6, 6.07) is 8.29. The molecule has 1 fully saturated rings. The Labute approximate surface area is 102 Å². The van der Waals surface area contributed by atoms with Gasteiger partial charge < -0.3 is 10.4 Å². The highest BCUT2D eigenvalue weighted by Crippen LogP contribution is 2.23. The largest absolute Gasteiger partial charge is 0.390 e. The molecule has 1 heterocycles. The van der Waals surface area contributed by atoms with Gasteiger partial charge in [-0.3, -0.25) is 0 Å². The van der Waals surface area contributed by atoms with Crippen LogP contribution < -0.4 is 5.32 Å². The number of hydrogen-bond acceptors (Lipinski definition) is 2. The molecule has 0 spiro atoms. The van der Waals surface area contributed by atoms with Gasteiger partial charge in [-0.15, -0.1) is 0 Å². The van der Waals surface area contributed by atoms with Crippen molar-refractivity contribution in [3.05, 3.63) is 34.9 Å². The van der Waals surface area contributed by atoms with E-state index in [9.17, 15) is 5.11 Å². The van der Waals surface area contributed by atoms with Gasteiger partial charge >= 0.3 is 0 Å². The smallest absolute Gasteiger partial charge is 0.0646 e. The zero-order valence-electron chi connectivity index (χ0n) is 9.54. The predicted octanol–water partition coefficient (Wildman–Crippen LogP) is 2.39. The van der Waals surface area contributed by atoms with Gasteiger partial charge in [-0.05, 0) is 50.4 Å². The van der Waals surface area contributed by atoms with E-state index in [0.717, 1.165) is 30.8 Å². The molecule has 2 rings (SSSR count). The van der Waals surface area contributed by atoms with Gasteiger partial charge in [-0.25, -0.2) is 0 Å². The van der Waals surface area contributed by atoms with Crippen LogP contribution in [0.2, 0.25) is 5.02 Å². The average Bonchev–Trinajstić information content (AvgIpc) is 2.20. The Morgan fingerprint density at radius 2 is 2.12 bits per heavy atom. The van der Waals surface area contributed by atoms with E-state index in [1.54, 1.807) is 0 Å². The third-order valence-electron chi connectivity index (χ3n) is 3.18. The summed E-state index contributed by atoms with van der Waals surface area (Å²) < 4.78 is 0. The fourth-order valence-electron chi connectivity index (χ4n) is 2.30. The third-order valence-corrected chi connectivity index (χ3v) is 3.43. The van der Waals surface area contributed by atoms with Crippen molar-refractivity contribution in [2.45, 2.75) is 37.8 Å². The molecule has 2 nitrogen and oxygen atoms in total. The second-order valence-electron chi connectivity index (χ2n) is 4.93. The maximum absolute atomic E-state index is 10.0. The normalized spacial score (nSPS) is 30.3. The minimum atomic E-state index is -0.512. The lowest BCUT2D eigenvalue weighted by Gasteiger charge is -2.35. The van der Waals surface area contributed by atoms with Crippen LogP contribution >= 0.6 is 11.6 Å². The Hall–Kier alpha value is -0.570. The quantitative estimate of drug-likeness (QED) is 0.831. The highest BCUT2D eigenvalue weighted by atomic mass is 35.5. The van der Waals surface area contributed by atoms with Gasteiger partial charge in [0.05, 0.1) is 5.60 Å². The molecule has 0 bridgehead atoms. The molecule has 0 aromatic heterocycles. The second-order valence-corrected chi connectivity index (χ2v) is 5.37. The molecule has 0 radical (unpaired) electrons. The molecular weight excluding hydrogens is 222 g/mol. The van der Waals surface area contributed by atoms with Crippen LogP contribution in [0.15, 0.2) is 24.3 Å². The molecule has 1 saturated heterocycles. The lowest BCUT2D eigenvalue weighted by molar-refractivity contribution is 0.0136. The van der Waals surface area contributed by atoms with E-state index < -0.39 is 5.60 Å². The number of halogens is 1. The van der Waals surface area contributed by atoms with Crippen LogP contribution in [-0.2, 0) is 6.42 Å². The molecular formula is C13H18ClNO. The number of nitrogens with one attached hydrogen (secondary N) is 1. The molecule has 0 amide bonds. The molecule has 1 aliphatic heterocycles. The number of rotatable bonds is 2. The van der Waals surface area contributed by atoms with Crippen molar-refractivity contribution in [3.63, 3.8) is 0 Å². The summed E-state index contributed by atoms with van der Waals surface area (Å²) >= 11 is 5.84. The first kappa shape index (κ1) is 11.9. The van der Waals surface area contributed by atoms with E-state index in [1.165, 1.54) is 5.56 Å². The van der Waals surface area contributed by atoms with E-state index in [2.05, 4.69) is 5.32 Å². The van der Waals surface area contributed by atoms with Gasteiger partial charge in [0.1, 0.15) is 0 Å².